The molecule has 11 heteroatoms. The second-order valence-corrected chi connectivity index (χ2v) is 8.82. The summed E-state index contributed by atoms with van der Waals surface area (Å²) in [7, 11) is 0. The highest BCUT2D eigenvalue weighted by atomic mass is 32.2. The second kappa shape index (κ2) is 6.27. The van der Waals surface area contributed by atoms with Crippen molar-refractivity contribution >= 4 is 23.6 Å². The summed E-state index contributed by atoms with van der Waals surface area (Å²) in [5.41, 5.74) is 6.43. The summed E-state index contributed by atoms with van der Waals surface area (Å²) in [4.78, 5) is 26.9. The number of hydrogen-bond donors (Lipinski definition) is 3. The number of halogens is 1. The zero-order valence-electron chi connectivity index (χ0n) is 14.6. The van der Waals surface area contributed by atoms with Crippen LogP contribution < -0.4 is 11.1 Å². The van der Waals surface area contributed by atoms with Crippen LogP contribution >= 0.6 is 11.8 Å². The molecule has 2 unspecified atom stereocenters. The van der Waals surface area contributed by atoms with Crippen molar-refractivity contribution in [3.63, 3.8) is 0 Å². The number of thioether (sulfide) groups is 1. The van der Waals surface area contributed by atoms with Gasteiger partial charge in [0.1, 0.15) is 29.3 Å². The largest absolute Gasteiger partial charge is 0.340 e. The number of rotatable bonds is 4. The van der Waals surface area contributed by atoms with Gasteiger partial charge in [0.05, 0.1) is 0 Å². The molecule has 2 saturated heterocycles. The van der Waals surface area contributed by atoms with E-state index in [0.29, 0.717) is 11.4 Å². The van der Waals surface area contributed by atoms with Gasteiger partial charge in [0, 0.05) is 4.75 Å². The van der Waals surface area contributed by atoms with Crippen molar-refractivity contribution in [1.82, 2.24) is 30.8 Å². The van der Waals surface area contributed by atoms with Crippen molar-refractivity contribution in [3.8, 4) is 0 Å². The maximum Gasteiger partial charge on any atom is 0.249 e. The van der Waals surface area contributed by atoms with Crippen molar-refractivity contribution in [2.45, 2.75) is 42.1 Å². The van der Waals surface area contributed by atoms with Gasteiger partial charge in [-0.05, 0) is 31.5 Å². The summed E-state index contributed by atoms with van der Waals surface area (Å²) in [5.74, 6) is -0.669. The SMILES string of the molecule is CC1(C)S[C@@H]2C(NC(=O)[C@@H](N)c3ccc(F)cc3)C(=O)N2C1c1nn[nH]n1. The van der Waals surface area contributed by atoms with Gasteiger partial charge in [-0.3, -0.25) is 9.59 Å². The van der Waals surface area contributed by atoms with Gasteiger partial charge in [-0.25, -0.2) is 4.39 Å². The number of H-pyrrole nitrogens is 1. The molecule has 4 rings (SSSR count). The molecule has 142 valence electrons. The number of aromatic amines is 1. The van der Waals surface area contributed by atoms with Crippen molar-refractivity contribution in [1.29, 1.82) is 0 Å². The molecule has 0 spiro atoms. The number of hydrogen-bond acceptors (Lipinski definition) is 7. The van der Waals surface area contributed by atoms with Crippen LogP contribution in [0.4, 0.5) is 4.39 Å². The van der Waals surface area contributed by atoms with Crippen LogP contribution in [0.3, 0.4) is 0 Å². The van der Waals surface area contributed by atoms with E-state index in [-0.39, 0.29) is 22.1 Å². The highest BCUT2D eigenvalue weighted by Gasteiger charge is 2.63. The van der Waals surface area contributed by atoms with Crippen LogP contribution in [0.25, 0.3) is 0 Å². The monoisotopic (exact) mass is 391 g/mol. The Morgan fingerprint density at radius 3 is 2.74 bits per heavy atom. The van der Waals surface area contributed by atoms with E-state index in [1.807, 2.05) is 13.8 Å². The number of tetrazole rings is 1. The number of benzene rings is 1. The van der Waals surface area contributed by atoms with Crippen LogP contribution in [0.1, 0.15) is 37.3 Å². The molecule has 2 aliphatic rings. The Balaban J connectivity index is 1.48. The van der Waals surface area contributed by atoms with Crippen molar-refractivity contribution < 1.29 is 14.0 Å². The zero-order valence-corrected chi connectivity index (χ0v) is 15.4. The highest BCUT2D eigenvalue weighted by molar-refractivity contribution is 8.01. The maximum absolute atomic E-state index is 13.0. The average molecular weight is 391 g/mol. The lowest BCUT2D eigenvalue weighted by Gasteiger charge is -2.44. The van der Waals surface area contributed by atoms with Gasteiger partial charge in [0.25, 0.3) is 0 Å². The number of fused-ring (bicyclic) bond motifs is 1. The van der Waals surface area contributed by atoms with Gasteiger partial charge in [-0.15, -0.1) is 22.0 Å². The third-order valence-corrected chi connectivity index (χ3v) is 6.43. The Bertz CT molecular complexity index is 873. The van der Waals surface area contributed by atoms with Gasteiger partial charge in [0.15, 0.2) is 5.82 Å². The number of amides is 2. The molecule has 4 N–H and O–H groups in total. The van der Waals surface area contributed by atoms with Crippen molar-refractivity contribution in [2.75, 3.05) is 0 Å². The summed E-state index contributed by atoms with van der Waals surface area (Å²) < 4.78 is 12.7. The first-order valence-corrected chi connectivity index (χ1v) is 9.22. The lowest BCUT2D eigenvalue weighted by atomic mass is 9.95. The number of nitrogens with two attached hydrogens (primary N) is 1. The molecule has 0 radical (unpaired) electrons. The minimum Gasteiger partial charge on any atom is -0.340 e. The molecule has 4 atom stereocenters. The molecule has 0 bridgehead atoms. The zero-order chi connectivity index (χ0) is 19.3. The molecule has 3 heterocycles. The average Bonchev–Trinajstić information content (AvgIpc) is 3.23. The molecule has 2 aromatic rings. The third-order valence-electron chi connectivity index (χ3n) is 4.86. The molecule has 1 aromatic heterocycles. The minimum atomic E-state index is -0.986. The molecule has 0 saturated carbocycles. The molecular weight excluding hydrogens is 373 g/mol. The van der Waals surface area contributed by atoms with Gasteiger partial charge < -0.3 is 16.0 Å². The number of β-lactam (4-membered cyclic amide) rings is 1. The first kappa shape index (κ1) is 17.9. The number of nitrogens with zero attached hydrogens (tertiary/aromatic N) is 4. The van der Waals surface area contributed by atoms with Crippen LogP contribution in [0.2, 0.25) is 0 Å². The predicted molar refractivity (Wildman–Crippen MR) is 94.5 cm³/mol. The van der Waals surface area contributed by atoms with E-state index in [1.165, 1.54) is 24.3 Å². The topological polar surface area (TPSA) is 130 Å². The van der Waals surface area contributed by atoms with E-state index in [1.54, 1.807) is 16.7 Å². The van der Waals surface area contributed by atoms with Crippen LogP contribution in [0.15, 0.2) is 24.3 Å². The molecule has 1 aromatic carbocycles. The number of aromatic nitrogens is 4. The molecule has 27 heavy (non-hydrogen) atoms. The summed E-state index contributed by atoms with van der Waals surface area (Å²) >= 11 is 1.57. The number of carbonyl (C=O) groups is 2. The number of carbonyl (C=O) groups excluding carboxylic acids is 2. The van der Waals surface area contributed by atoms with Gasteiger partial charge in [0.2, 0.25) is 11.8 Å². The first-order chi connectivity index (χ1) is 12.8. The number of nitrogens with one attached hydrogen (secondary N) is 2. The lowest BCUT2D eigenvalue weighted by Crippen LogP contribution is -2.68. The lowest BCUT2D eigenvalue weighted by molar-refractivity contribution is -0.152. The Morgan fingerprint density at radius 1 is 1.41 bits per heavy atom. The fourth-order valence-electron chi connectivity index (χ4n) is 3.51. The van der Waals surface area contributed by atoms with Gasteiger partial charge in [-0.2, -0.15) is 5.21 Å². The molecule has 2 aliphatic heterocycles. The molecule has 9 nitrogen and oxygen atoms in total. The fraction of sp³-hybridized carbons (Fsp3) is 0.438. The van der Waals surface area contributed by atoms with Crippen LogP contribution in [-0.4, -0.2) is 53.5 Å². The Morgan fingerprint density at radius 2 is 2.11 bits per heavy atom. The summed E-state index contributed by atoms with van der Waals surface area (Å²) in [5, 5.41) is 16.5. The smallest absolute Gasteiger partial charge is 0.249 e. The minimum absolute atomic E-state index is 0.215. The molecular formula is C16H18FN7O2S. The summed E-state index contributed by atoms with van der Waals surface area (Å²) in [6.07, 6.45) is 0. The normalized spacial score (nSPS) is 27.0. The van der Waals surface area contributed by atoms with E-state index in [4.69, 9.17) is 5.73 Å². The van der Waals surface area contributed by atoms with E-state index in [0.717, 1.165) is 0 Å². The highest BCUT2D eigenvalue weighted by Crippen LogP contribution is 2.56. The summed E-state index contributed by atoms with van der Waals surface area (Å²) in [6, 6.07) is 3.39. The molecule has 2 fully saturated rings. The van der Waals surface area contributed by atoms with Crippen LogP contribution in [0, 0.1) is 5.82 Å². The molecule has 0 aliphatic carbocycles. The van der Waals surface area contributed by atoms with E-state index < -0.39 is 23.8 Å². The van der Waals surface area contributed by atoms with Gasteiger partial charge in [-0.1, -0.05) is 17.3 Å². The van der Waals surface area contributed by atoms with Crippen LogP contribution in [-0.2, 0) is 9.59 Å². The maximum atomic E-state index is 13.0. The predicted octanol–water partition coefficient (Wildman–Crippen LogP) is 0.258. The standard InChI is InChI=1S/C16H18FN7O2S/c1-16(2)11(12-20-22-23-21-12)24-14(26)10(15(24)27-16)19-13(25)9(18)7-3-5-8(17)6-4-7/h3-6,9-11,15H,18H2,1-2H3,(H,19,25)(H,20,21,22,23)/t9-,10?,11?,15+/m0/s1. The van der Waals surface area contributed by atoms with Crippen LogP contribution in [0.5, 0.6) is 0 Å². The van der Waals surface area contributed by atoms with Crippen molar-refractivity contribution in [2.24, 2.45) is 5.73 Å². The first-order valence-electron chi connectivity index (χ1n) is 8.34. The fourth-order valence-corrected chi connectivity index (χ4v) is 5.14. The Hall–Kier alpha value is -2.53. The Labute approximate surface area is 158 Å². The summed E-state index contributed by atoms with van der Waals surface area (Å²) in [6.45, 7) is 3.99. The Kier molecular flexibility index (Phi) is 4.15. The van der Waals surface area contributed by atoms with Crippen molar-refractivity contribution in [3.05, 3.63) is 41.5 Å². The van der Waals surface area contributed by atoms with E-state index >= 15 is 0 Å². The quantitative estimate of drug-likeness (QED) is 0.637. The van der Waals surface area contributed by atoms with E-state index in [2.05, 4.69) is 25.9 Å². The third kappa shape index (κ3) is 2.86. The van der Waals surface area contributed by atoms with Gasteiger partial charge >= 0.3 is 0 Å². The van der Waals surface area contributed by atoms with E-state index in [9.17, 15) is 14.0 Å². The molecule has 2 amide bonds. The second-order valence-electron chi connectivity index (χ2n) is 7.05.